The molecule has 0 spiro atoms. The predicted molar refractivity (Wildman–Crippen MR) is 142 cm³/mol. The van der Waals surface area contributed by atoms with Gasteiger partial charge >= 0.3 is 0 Å². The number of carbonyl (C=O) groups is 1. The average molecular weight is 488 g/mol. The van der Waals surface area contributed by atoms with Crippen molar-refractivity contribution in [3.8, 4) is 5.75 Å². The number of ether oxygens (including phenoxy) is 1. The maximum atomic E-state index is 13.0. The molecular weight excluding hydrogens is 453 g/mol. The Hall–Kier alpha value is -3.67. The van der Waals surface area contributed by atoms with Crippen molar-refractivity contribution in [1.29, 1.82) is 0 Å². The summed E-state index contributed by atoms with van der Waals surface area (Å²) in [6, 6.07) is 22.1. The number of carbonyl (C=O) groups excluding carboxylic acids is 1. The average Bonchev–Trinajstić information content (AvgIpc) is 3.24. The molecule has 0 aliphatic carbocycles. The van der Waals surface area contributed by atoms with Gasteiger partial charge < -0.3 is 14.6 Å². The van der Waals surface area contributed by atoms with Crippen LogP contribution in [0.2, 0.25) is 0 Å². The highest BCUT2D eigenvalue weighted by Crippen LogP contribution is 2.20. The summed E-state index contributed by atoms with van der Waals surface area (Å²) in [5, 5.41) is 2.90. The number of nitrogens with one attached hydrogen (secondary N) is 1. The minimum Gasteiger partial charge on any atom is -0.492 e. The van der Waals surface area contributed by atoms with Crippen LogP contribution in [-0.4, -0.2) is 28.6 Å². The van der Waals surface area contributed by atoms with E-state index < -0.39 is 0 Å². The molecule has 0 saturated heterocycles. The second kappa shape index (κ2) is 12.3. The number of rotatable bonds is 12. The van der Waals surface area contributed by atoms with Crippen LogP contribution in [-0.2, 0) is 13.0 Å². The standard InChI is InChI=1S/C30H34FN3O2/c1-22(2)23-13-17-26(18-14-23)36-21-20-34-28-9-6-5-8-27(28)33-29(34)10-4-3-7-19-32-30(35)24-11-15-25(31)16-12-24/h5-6,8-9,11-18,22H,3-4,7,10,19-21H2,1-2H3,(H,32,35). The Labute approximate surface area is 212 Å². The third-order valence-corrected chi connectivity index (χ3v) is 6.33. The summed E-state index contributed by atoms with van der Waals surface area (Å²) >= 11 is 0. The molecule has 1 N–H and O–H groups in total. The quantitative estimate of drug-likeness (QED) is 0.232. The van der Waals surface area contributed by atoms with Gasteiger partial charge in [0.1, 0.15) is 24.0 Å². The Bertz CT molecular complexity index is 1260. The summed E-state index contributed by atoms with van der Waals surface area (Å²) in [5.41, 5.74) is 3.90. The molecule has 0 aliphatic heterocycles. The largest absolute Gasteiger partial charge is 0.492 e. The summed E-state index contributed by atoms with van der Waals surface area (Å²) in [6.07, 6.45) is 3.70. The number of halogens is 1. The Balaban J connectivity index is 1.26. The molecule has 0 atom stereocenters. The van der Waals surface area contributed by atoms with Crippen LogP contribution in [0.4, 0.5) is 4.39 Å². The number of aryl methyl sites for hydroxylation is 1. The highest BCUT2D eigenvalue weighted by Gasteiger charge is 2.11. The van der Waals surface area contributed by atoms with Gasteiger partial charge in [-0.1, -0.05) is 44.5 Å². The summed E-state index contributed by atoms with van der Waals surface area (Å²) in [4.78, 5) is 17.0. The number of para-hydroxylation sites is 2. The van der Waals surface area contributed by atoms with E-state index in [1.54, 1.807) is 0 Å². The Morgan fingerprint density at radius 3 is 2.47 bits per heavy atom. The fourth-order valence-corrected chi connectivity index (χ4v) is 4.26. The van der Waals surface area contributed by atoms with Crippen molar-refractivity contribution in [3.05, 3.63) is 95.6 Å². The lowest BCUT2D eigenvalue weighted by Crippen LogP contribution is -2.24. The van der Waals surface area contributed by atoms with Crippen molar-refractivity contribution in [2.75, 3.05) is 13.2 Å². The second-order valence-electron chi connectivity index (χ2n) is 9.31. The Morgan fingerprint density at radius 2 is 1.72 bits per heavy atom. The van der Waals surface area contributed by atoms with Crippen LogP contribution in [0.3, 0.4) is 0 Å². The molecule has 0 saturated carbocycles. The minimum atomic E-state index is -0.343. The molecule has 0 fully saturated rings. The van der Waals surface area contributed by atoms with E-state index in [0.717, 1.165) is 54.8 Å². The van der Waals surface area contributed by atoms with Crippen molar-refractivity contribution < 1.29 is 13.9 Å². The van der Waals surface area contributed by atoms with Gasteiger partial charge in [-0.25, -0.2) is 9.37 Å². The van der Waals surface area contributed by atoms with Gasteiger partial charge in [-0.3, -0.25) is 4.79 Å². The van der Waals surface area contributed by atoms with Crippen LogP contribution in [0.5, 0.6) is 5.75 Å². The van der Waals surface area contributed by atoms with Crippen LogP contribution >= 0.6 is 0 Å². The molecule has 1 amide bonds. The fourth-order valence-electron chi connectivity index (χ4n) is 4.26. The number of unbranched alkanes of at least 4 members (excludes halogenated alkanes) is 2. The molecule has 1 aromatic heterocycles. The molecule has 188 valence electrons. The molecular formula is C30H34FN3O2. The zero-order valence-electron chi connectivity index (χ0n) is 21.0. The molecule has 0 aliphatic rings. The Morgan fingerprint density at radius 1 is 0.972 bits per heavy atom. The van der Waals surface area contributed by atoms with Gasteiger partial charge in [0.2, 0.25) is 0 Å². The lowest BCUT2D eigenvalue weighted by atomic mass is 10.0. The summed E-state index contributed by atoms with van der Waals surface area (Å²) in [7, 11) is 0. The highest BCUT2D eigenvalue weighted by atomic mass is 19.1. The number of imidazole rings is 1. The molecule has 0 unspecified atom stereocenters. The van der Waals surface area contributed by atoms with Gasteiger partial charge in [0.15, 0.2) is 0 Å². The van der Waals surface area contributed by atoms with Gasteiger partial charge in [0.05, 0.1) is 17.6 Å². The van der Waals surface area contributed by atoms with Gasteiger partial charge in [-0.2, -0.15) is 0 Å². The van der Waals surface area contributed by atoms with Crippen molar-refractivity contribution in [2.24, 2.45) is 0 Å². The lowest BCUT2D eigenvalue weighted by Gasteiger charge is -2.12. The molecule has 36 heavy (non-hydrogen) atoms. The molecule has 4 rings (SSSR count). The van der Waals surface area contributed by atoms with E-state index >= 15 is 0 Å². The maximum absolute atomic E-state index is 13.0. The molecule has 5 nitrogen and oxygen atoms in total. The third-order valence-electron chi connectivity index (χ3n) is 6.33. The zero-order chi connectivity index (χ0) is 25.3. The monoisotopic (exact) mass is 487 g/mol. The van der Waals surface area contributed by atoms with Gasteiger partial charge in [0, 0.05) is 18.5 Å². The first-order chi connectivity index (χ1) is 17.5. The van der Waals surface area contributed by atoms with Crippen LogP contribution in [0.25, 0.3) is 11.0 Å². The summed E-state index contributed by atoms with van der Waals surface area (Å²) in [5.74, 6) is 1.93. The van der Waals surface area contributed by atoms with Gasteiger partial charge in [-0.15, -0.1) is 0 Å². The van der Waals surface area contributed by atoms with E-state index in [2.05, 4.69) is 41.9 Å². The third kappa shape index (κ3) is 6.72. The molecule has 0 bridgehead atoms. The topological polar surface area (TPSA) is 56.1 Å². The van der Waals surface area contributed by atoms with Gasteiger partial charge in [-0.05, 0) is 72.9 Å². The smallest absolute Gasteiger partial charge is 0.251 e. The first-order valence-corrected chi connectivity index (χ1v) is 12.7. The number of hydrogen-bond acceptors (Lipinski definition) is 3. The van der Waals surface area contributed by atoms with Crippen LogP contribution < -0.4 is 10.1 Å². The summed E-state index contributed by atoms with van der Waals surface area (Å²) < 4.78 is 21.3. The number of benzene rings is 3. The SMILES string of the molecule is CC(C)c1ccc(OCCn2c(CCCCCNC(=O)c3ccc(F)cc3)nc3ccccc32)cc1. The second-order valence-corrected chi connectivity index (χ2v) is 9.31. The molecule has 6 heteroatoms. The number of nitrogens with zero attached hydrogens (tertiary/aromatic N) is 2. The van der Waals surface area contributed by atoms with E-state index in [4.69, 9.17) is 9.72 Å². The molecule has 3 aromatic carbocycles. The first kappa shape index (κ1) is 25.4. The summed E-state index contributed by atoms with van der Waals surface area (Å²) in [6.45, 7) is 6.27. The number of hydrogen-bond donors (Lipinski definition) is 1. The first-order valence-electron chi connectivity index (χ1n) is 12.7. The number of fused-ring (bicyclic) bond motifs is 1. The lowest BCUT2D eigenvalue weighted by molar-refractivity contribution is 0.0953. The molecule has 1 heterocycles. The Kier molecular flexibility index (Phi) is 8.71. The van der Waals surface area contributed by atoms with Crippen LogP contribution in [0.15, 0.2) is 72.8 Å². The van der Waals surface area contributed by atoms with Gasteiger partial charge in [0.25, 0.3) is 5.91 Å². The van der Waals surface area contributed by atoms with Crippen molar-refractivity contribution in [3.63, 3.8) is 0 Å². The van der Waals surface area contributed by atoms with E-state index in [0.29, 0.717) is 24.6 Å². The van der Waals surface area contributed by atoms with Crippen molar-refractivity contribution in [1.82, 2.24) is 14.9 Å². The highest BCUT2D eigenvalue weighted by molar-refractivity contribution is 5.94. The van der Waals surface area contributed by atoms with E-state index in [1.807, 2.05) is 30.3 Å². The molecule has 4 aromatic rings. The van der Waals surface area contributed by atoms with E-state index in [1.165, 1.54) is 29.8 Å². The van der Waals surface area contributed by atoms with Crippen LogP contribution in [0.1, 0.15) is 60.8 Å². The van der Waals surface area contributed by atoms with E-state index in [-0.39, 0.29) is 11.7 Å². The predicted octanol–water partition coefficient (Wildman–Crippen LogP) is 6.52. The molecule has 0 radical (unpaired) electrons. The van der Waals surface area contributed by atoms with Crippen LogP contribution in [0, 0.1) is 5.82 Å². The van der Waals surface area contributed by atoms with Crippen molar-refractivity contribution >= 4 is 16.9 Å². The minimum absolute atomic E-state index is 0.171. The number of aromatic nitrogens is 2. The fraction of sp³-hybridized carbons (Fsp3) is 0.333. The van der Waals surface area contributed by atoms with E-state index in [9.17, 15) is 9.18 Å². The zero-order valence-corrected chi connectivity index (χ0v) is 21.0. The number of amides is 1. The maximum Gasteiger partial charge on any atom is 0.251 e. The normalized spacial score (nSPS) is 11.2. The van der Waals surface area contributed by atoms with Crippen molar-refractivity contribution in [2.45, 2.75) is 52.0 Å².